The van der Waals surface area contributed by atoms with Crippen LogP contribution in [0.2, 0.25) is 0 Å². The first-order chi connectivity index (χ1) is 11.7. The monoisotopic (exact) mass is 340 g/mol. The first-order valence-electron chi connectivity index (χ1n) is 7.86. The number of hydrogen-bond acceptors (Lipinski definition) is 5. The number of hydrogen-bond donors (Lipinski definition) is 1. The largest absolute Gasteiger partial charge is 0.854 e. The summed E-state index contributed by atoms with van der Waals surface area (Å²) in [5.41, 5.74) is 5.22. The summed E-state index contributed by atoms with van der Waals surface area (Å²) in [6.45, 7) is 4.54. The first-order valence-corrected chi connectivity index (χ1v) is 8.74. The second-order valence-corrected chi connectivity index (χ2v) is 6.54. The van der Waals surface area contributed by atoms with Gasteiger partial charge in [-0.3, -0.25) is 0 Å². The first kappa shape index (κ1) is 16.5. The molecule has 6 heteroatoms. The second-order valence-electron chi connectivity index (χ2n) is 5.60. The topological polar surface area (TPSA) is 64.8 Å². The summed E-state index contributed by atoms with van der Waals surface area (Å²) in [5.74, 6) is 1.55. The molecule has 0 aliphatic rings. The summed E-state index contributed by atoms with van der Waals surface area (Å²) in [6.07, 6.45) is 2.45. The van der Waals surface area contributed by atoms with Gasteiger partial charge in [-0.25, -0.2) is 9.97 Å². The average molecular weight is 340 g/mol. The molecule has 2 heterocycles. The van der Waals surface area contributed by atoms with Crippen molar-refractivity contribution >= 4 is 22.8 Å². The Morgan fingerprint density at radius 2 is 2.00 bits per heavy atom. The zero-order valence-corrected chi connectivity index (χ0v) is 14.6. The van der Waals surface area contributed by atoms with Gasteiger partial charge in [0.15, 0.2) is 12.2 Å². The number of rotatable bonds is 6. The van der Waals surface area contributed by atoms with Gasteiger partial charge in [-0.2, -0.15) is 4.57 Å². The smallest absolute Gasteiger partial charge is 0.225 e. The predicted octanol–water partition coefficient (Wildman–Crippen LogP) is 2.14. The van der Waals surface area contributed by atoms with E-state index in [1.807, 2.05) is 43.5 Å². The third kappa shape index (κ3) is 3.77. The molecule has 0 aliphatic carbocycles. The van der Waals surface area contributed by atoms with Crippen LogP contribution in [0.5, 0.6) is 0 Å². The van der Waals surface area contributed by atoms with Gasteiger partial charge in [0.05, 0.1) is 10.4 Å². The Balaban J connectivity index is 1.88. The van der Waals surface area contributed by atoms with Gasteiger partial charge in [-0.15, -0.1) is 6.61 Å². The summed E-state index contributed by atoms with van der Waals surface area (Å²) in [7, 11) is 0. The highest BCUT2D eigenvalue weighted by atomic mass is 32.1. The molecule has 0 saturated heterocycles. The van der Waals surface area contributed by atoms with Crippen LogP contribution in [0.3, 0.4) is 0 Å². The van der Waals surface area contributed by atoms with Crippen LogP contribution in [0.1, 0.15) is 22.0 Å². The highest BCUT2D eigenvalue weighted by molar-refractivity contribution is 7.09. The molecule has 0 fully saturated rings. The lowest BCUT2D eigenvalue weighted by Gasteiger charge is -2.10. The molecule has 0 radical (unpaired) electrons. The van der Waals surface area contributed by atoms with Crippen molar-refractivity contribution in [3.63, 3.8) is 0 Å². The van der Waals surface area contributed by atoms with Crippen molar-refractivity contribution in [3.05, 3.63) is 64.0 Å². The molecule has 2 aromatic heterocycles. The van der Waals surface area contributed by atoms with E-state index in [1.54, 1.807) is 11.3 Å². The van der Waals surface area contributed by atoms with Crippen LogP contribution in [0.25, 0.3) is 0 Å². The molecule has 0 aliphatic heterocycles. The molecule has 3 aromatic rings. The number of para-hydroxylation sites is 1. The minimum absolute atomic E-state index is 0.0736. The van der Waals surface area contributed by atoms with Crippen molar-refractivity contribution in [2.75, 3.05) is 11.9 Å². The third-order valence-corrected chi connectivity index (χ3v) is 4.99. The molecule has 124 valence electrons. The fourth-order valence-corrected chi connectivity index (χ4v) is 3.48. The molecule has 0 atom stereocenters. The van der Waals surface area contributed by atoms with Crippen molar-refractivity contribution < 1.29 is 9.67 Å². The van der Waals surface area contributed by atoms with E-state index in [9.17, 15) is 5.11 Å². The molecule has 1 aromatic carbocycles. The summed E-state index contributed by atoms with van der Waals surface area (Å²) < 4.78 is 2.15. The van der Waals surface area contributed by atoms with Gasteiger partial charge in [0, 0.05) is 18.8 Å². The number of benzene rings is 1. The molecule has 1 N–H and O–H groups in total. The minimum Gasteiger partial charge on any atom is -0.854 e. The van der Waals surface area contributed by atoms with Crippen LogP contribution in [-0.2, 0) is 13.0 Å². The van der Waals surface area contributed by atoms with E-state index in [1.165, 1.54) is 0 Å². The SMILES string of the molecule is Cc1ncc(C[n+]2csc(CC[O-])c2C)c(Nc2ccccc2)n1. The number of nitrogens with one attached hydrogen (secondary N) is 1. The fraction of sp³-hybridized carbons (Fsp3) is 0.278. The van der Waals surface area contributed by atoms with Crippen molar-refractivity contribution in [1.82, 2.24) is 9.97 Å². The summed E-state index contributed by atoms with van der Waals surface area (Å²) >= 11 is 1.63. The van der Waals surface area contributed by atoms with Crippen LogP contribution in [0.15, 0.2) is 42.0 Å². The van der Waals surface area contributed by atoms with Gasteiger partial charge < -0.3 is 10.4 Å². The van der Waals surface area contributed by atoms with E-state index in [0.717, 1.165) is 33.5 Å². The zero-order valence-electron chi connectivity index (χ0n) is 13.8. The molecule has 5 nitrogen and oxygen atoms in total. The molecule has 0 saturated carbocycles. The molecule has 0 unspecified atom stereocenters. The minimum atomic E-state index is -0.0736. The van der Waals surface area contributed by atoms with Gasteiger partial charge in [-0.05, 0) is 25.5 Å². The fourth-order valence-electron chi connectivity index (χ4n) is 2.50. The van der Waals surface area contributed by atoms with Crippen LogP contribution in [0, 0.1) is 13.8 Å². The van der Waals surface area contributed by atoms with Crippen LogP contribution < -0.4 is 15.0 Å². The van der Waals surface area contributed by atoms with E-state index >= 15 is 0 Å². The number of aryl methyl sites for hydroxylation is 1. The number of anilines is 2. The van der Waals surface area contributed by atoms with Gasteiger partial charge in [-0.1, -0.05) is 29.5 Å². The average Bonchev–Trinajstić information content (AvgIpc) is 2.92. The number of aromatic nitrogens is 3. The summed E-state index contributed by atoms with van der Waals surface area (Å²) in [6, 6.07) is 9.98. The maximum absolute atomic E-state index is 10.9. The Morgan fingerprint density at radius 1 is 1.21 bits per heavy atom. The summed E-state index contributed by atoms with van der Waals surface area (Å²) in [5, 5.41) is 14.3. The maximum atomic E-state index is 10.9. The quantitative estimate of drug-likeness (QED) is 0.698. The van der Waals surface area contributed by atoms with Crippen LogP contribution >= 0.6 is 11.3 Å². The maximum Gasteiger partial charge on any atom is 0.225 e. The normalized spacial score (nSPS) is 10.8. The van der Waals surface area contributed by atoms with E-state index in [-0.39, 0.29) is 6.61 Å². The van der Waals surface area contributed by atoms with Crippen molar-refractivity contribution in [3.8, 4) is 0 Å². The van der Waals surface area contributed by atoms with Crippen molar-refractivity contribution in [2.24, 2.45) is 0 Å². The van der Waals surface area contributed by atoms with E-state index in [0.29, 0.717) is 13.0 Å². The van der Waals surface area contributed by atoms with Crippen molar-refractivity contribution in [2.45, 2.75) is 26.8 Å². The Hall–Kier alpha value is -2.31. The van der Waals surface area contributed by atoms with Crippen LogP contribution in [-0.4, -0.2) is 16.6 Å². The lowest BCUT2D eigenvalue weighted by molar-refractivity contribution is -0.689. The van der Waals surface area contributed by atoms with E-state index in [4.69, 9.17) is 0 Å². The summed E-state index contributed by atoms with van der Waals surface area (Å²) in [4.78, 5) is 10.0. The Labute approximate surface area is 145 Å². The second kappa shape index (κ2) is 7.51. The highest BCUT2D eigenvalue weighted by Crippen LogP contribution is 2.19. The number of thiazole rings is 1. The molecular weight excluding hydrogens is 320 g/mol. The van der Waals surface area contributed by atoms with E-state index < -0.39 is 0 Å². The van der Waals surface area contributed by atoms with E-state index in [2.05, 4.69) is 32.3 Å². The molecular formula is C18H20N4OS. The Bertz CT molecular complexity index is 817. The molecule has 0 amide bonds. The standard InChI is InChI=1S/C18H20N4OS/c1-13-17(8-9-23)24-12-22(13)11-15-10-19-14(2)20-18(15)21-16-6-4-3-5-7-16/h3-7,10,12H,8-9,11H2,1-2H3,(H,19,20,21). The highest BCUT2D eigenvalue weighted by Gasteiger charge is 2.17. The van der Waals surface area contributed by atoms with Gasteiger partial charge in [0.2, 0.25) is 5.51 Å². The Kier molecular flexibility index (Phi) is 5.17. The predicted molar refractivity (Wildman–Crippen MR) is 93.4 cm³/mol. The third-order valence-electron chi connectivity index (χ3n) is 3.85. The lowest BCUT2D eigenvalue weighted by atomic mass is 10.2. The van der Waals surface area contributed by atoms with Gasteiger partial charge in [0.1, 0.15) is 11.6 Å². The molecule has 24 heavy (non-hydrogen) atoms. The number of nitrogens with zero attached hydrogens (tertiary/aromatic N) is 3. The van der Waals surface area contributed by atoms with Gasteiger partial charge in [0.25, 0.3) is 0 Å². The lowest BCUT2D eigenvalue weighted by Crippen LogP contribution is -2.35. The van der Waals surface area contributed by atoms with Crippen LogP contribution in [0.4, 0.5) is 11.5 Å². The molecule has 3 rings (SSSR count). The molecule has 0 bridgehead atoms. The zero-order chi connectivity index (χ0) is 16.9. The van der Waals surface area contributed by atoms with Crippen molar-refractivity contribution in [1.29, 1.82) is 0 Å². The van der Waals surface area contributed by atoms with Gasteiger partial charge >= 0.3 is 0 Å². The Morgan fingerprint density at radius 3 is 2.75 bits per heavy atom. The molecule has 0 spiro atoms.